The molecule has 1 amide bonds. The first kappa shape index (κ1) is 14.8. The first-order valence-electron chi connectivity index (χ1n) is 6.36. The Labute approximate surface area is 124 Å². The fourth-order valence-electron chi connectivity index (χ4n) is 2.12. The Kier molecular flexibility index (Phi) is 4.27. The lowest BCUT2D eigenvalue weighted by Crippen LogP contribution is -2.33. The van der Waals surface area contributed by atoms with Gasteiger partial charge in [0.1, 0.15) is 12.4 Å². The smallest absolute Gasteiger partial charge is 0.242 e. The van der Waals surface area contributed by atoms with Gasteiger partial charge in [-0.1, -0.05) is 0 Å². The molecule has 2 aromatic rings. The van der Waals surface area contributed by atoms with Crippen molar-refractivity contribution in [2.45, 2.75) is 20.4 Å². The number of benzene rings is 1. The Hall–Kier alpha value is -1.63. The third-order valence-electron chi connectivity index (χ3n) is 3.23. The van der Waals surface area contributed by atoms with Crippen LogP contribution in [0.25, 0.3) is 11.0 Å². The second kappa shape index (κ2) is 5.78. The molecule has 108 valence electrons. The maximum atomic E-state index is 13.5. The highest BCUT2D eigenvalue weighted by atomic mass is 79.9. The number of amides is 1. The van der Waals surface area contributed by atoms with Crippen molar-refractivity contribution in [3.8, 4) is 0 Å². The molecule has 7 heteroatoms. The van der Waals surface area contributed by atoms with Gasteiger partial charge in [0.15, 0.2) is 0 Å². The highest BCUT2D eigenvalue weighted by Gasteiger charge is 2.16. The fourth-order valence-corrected chi connectivity index (χ4v) is 2.45. The van der Waals surface area contributed by atoms with Gasteiger partial charge in [-0.25, -0.2) is 9.37 Å². The summed E-state index contributed by atoms with van der Waals surface area (Å²) in [6.07, 6.45) is 0. The molecule has 0 spiro atoms. The molecule has 2 rings (SSSR count). The zero-order valence-corrected chi connectivity index (χ0v) is 12.9. The summed E-state index contributed by atoms with van der Waals surface area (Å²) in [5.41, 5.74) is 6.90. The van der Waals surface area contributed by atoms with Crippen LogP contribution in [-0.4, -0.2) is 33.4 Å². The molecule has 0 saturated heterocycles. The molecule has 2 N–H and O–H groups in total. The maximum Gasteiger partial charge on any atom is 0.242 e. The van der Waals surface area contributed by atoms with Gasteiger partial charge in [-0.05, 0) is 35.8 Å². The maximum absolute atomic E-state index is 13.5. The number of carbonyl (C=O) groups is 1. The van der Waals surface area contributed by atoms with Crippen molar-refractivity contribution in [1.82, 2.24) is 14.5 Å². The van der Waals surface area contributed by atoms with Gasteiger partial charge in [-0.2, -0.15) is 0 Å². The predicted octanol–water partition coefficient (Wildman–Crippen LogP) is 2.39. The topological polar surface area (TPSA) is 64.2 Å². The summed E-state index contributed by atoms with van der Waals surface area (Å²) in [5, 5.41) is 0. The average Bonchev–Trinajstić information content (AvgIpc) is 2.68. The number of carbonyl (C=O) groups excluding carboxylic acids is 1. The highest BCUT2D eigenvalue weighted by Crippen LogP contribution is 2.25. The molecule has 1 heterocycles. The second-order valence-electron chi connectivity index (χ2n) is 4.38. The van der Waals surface area contributed by atoms with Crippen LogP contribution < -0.4 is 5.73 Å². The minimum atomic E-state index is -0.405. The molecule has 0 atom stereocenters. The van der Waals surface area contributed by atoms with Crippen LogP contribution >= 0.6 is 15.9 Å². The van der Waals surface area contributed by atoms with E-state index >= 15 is 0 Å². The number of imidazole rings is 1. The number of aromatic nitrogens is 2. The van der Waals surface area contributed by atoms with Crippen molar-refractivity contribution in [2.75, 3.05) is 18.8 Å². The van der Waals surface area contributed by atoms with Crippen LogP contribution in [0, 0.1) is 5.82 Å². The zero-order chi connectivity index (χ0) is 14.9. The minimum Gasteiger partial charge on any atom is -0.369 e. The number of likely N-dealkylation sites (N-methyl/N-ethyl adjacent to an activating group) is 1. The Bertz CT molecular complexity index is 651. The van der Waals surface area contributed by atoms with Gasteiger partial charge in [0.05, 0.1) is 15.5 Å². The summed E-state index contributed by atoms with van der Waals surface area (Å²) < 4.78 is 15.4. The van der Waals surface area contributed by atoms with E-state index < -0.39 is 5.82 Å². The van der Waals surface area contributed by atoms with Gasteiger partial charge in [-0.3, -0.25) is 4.79 Å². The second-order valence-corrected chi connectivity index (χ2v) is 5.23. The summed E-state index contributed by atoms with van der Waals surface area (Å²) >= 11 is 3.13. The molecular weight excluding hydrogens is 327 g/mol. The largest absolute Gasteiger partial charge is 0.369 e. The number of nitrogens with two attached hydrogens (primary N) is 1. The molecule has 1 aromatic heterocycles. The number of hydrogen-bond acceptors (Lipinski definition) is 3. The molecule has 0 aliphatic rings. The monoisotopic (exact) mass is 342 g/mol. The first-order valence-corrected chi connectivity index (χ1v) is 7.15. The number of hydrogen-bond donors (Lipinski definition) is 1. The van der Waals surface area contributed by atoms with Crippen molar-refractivity contribution < 1.29 is 9.18 Å². The Balaban J connectivity index is 2.41. The number of halogens is 2. The lowest BCUT2D eigenvalue weighted by molar-refractivity contribution is -0.131. The summed E-state index contributed by atoms with van der Waals surface area (Å²) in [5.74, 6) is -0.239. The van der Waals surface area contributed by atoms with Gasteiger partial charge in [-0.15, -0.1) is 0 Å². The number of anilines is 1. The lowest BCUT2D eigenvalue weighted by Gasteiger charge is -2.19. The zero-order valence-electron chi connectivity index (χ0n) is 11.4. The molecule has 0 aliphatic carbocycles. The van der Waals surface area contributed by atoms with Crippen molar-refractivity contribution in [3.63, 3.8) is 0 Å². The van der Waals surface area contributed by atoms with E-state index in [1.54, 1.807) is 15.5 Å². The molecule has 0 bridgehead atoms. The molecule has 0 fully saturated rings. The van der Waals surface area contributed by atoms with Gasteiger partial charge in [0.2, 0.25) is 11.9 Å². The van der Waals surface area contributed by atoms with Crippen molar-refractivity contribution >= 4 is 38.8 Å². The van der Waals surface area contributed by atoms with Crippen LogP contribution in [0.1, 0.15) is 13.8 Å². The van der Waals surface area contributed by atoms with Gasteiger partial charge in [0.25, 0.3) is 0 Å². The molecule has 0 unspecified atom stereocenters. The van der Waals surface area contributed by atoms with Gasteiger partial charge < -0.3 is 15.2 Å². The van der Waals surface area contributed by atoms with Crippen LogP contribution in [-0.2, 0) is 11.3 Å². The Morgan fingerprint density at radius 1 is 1.45 bits per heavy atom. The van der Waals surface area contributed by atoms with E-state index in [9.17, 15) is 9.18 Å². The van der Waals surface area contributed by atoms with E-state index in [1.807, 2.05) is 13.8 Å². The molecule has 0 saturated carbocycles. The van der Waals surface area contributed by atoms with Crippen molar-refractivity contribution in [2.24, 2.45) is 0 Å². The van der Waals surface area contributed by atoms with Crippen LogP contribution in [0.3, 0.4) is 0 Å². The number of nitrogen functional groups attached to an aromatic ring is 1. The number of fused-ring (bicyclic) bond motifs is 1. The highest BCUT2D eigenvalue weighted by molar-refractivity contribution is 9.10. The van der Waals surface area contributed by atoms with Gasteiger partial charge >= 0.3 is 0 Å². The minimum absolute atomic E-state index is 0.0403. The SMILES string of the molecule is CCN(CC)C(=O)Cn1c(N)nc2cc(F)c(Br)cc21. The molecular formula is C13H16BrFN4O. The molecule has 5 nitrogen and oxygen atoms in total. The van der Waals surface area contributed by atoms with E-state index in [-0.39, 0.29) is 18.4 Å². The average molecular weight is 343 g/mol. The van der Waals surface area contributed by atoms with E-state index in [4.69, 9.17) is 5.73 Å². The third-order valence-corrected chi connectivity index (χ3v) is 3.84. The fraction of sp³-hybridized carbons (Fsp3) is 0.385. The molecule has 0 radical (unpaired) electrons. The third kappa shape index (κ3) is 2.63. The number of rotatable bonds is 4. The van der Waals surface area contributed by atoms with E-state index in [1.165, 1.54) is 6.07 Å². The van der Waals surface area contributed by atoms with Crippen LogP contribution in [0.2, 0.25) is 0 Å². The van der Waals surface area contributed by atoms with Crippen molar-refractivity contribution in [1.29, 1.82) is 0 Å². The predicted molar refractivity (Wildman–Crippen MR) is 79.7 cm³/mol. The Morgan fingerprint density at radius 3 is 2.70 bits per heavy atom. The van der Waals surface area contributed by atoms with Gasteiger partial charge in [0, 0.05) is 19.2 Å². The normalized spacial score (nSPS) is 11.0. The van der Waals surface area contributed by atoms with Crippen molar-refractivity contribution in [3.05, 3.63) is 22.4 Å². The van der Waals surface area contributed by atoms with E-state index in [0.717, 1.165) is 0 Å². The Morgan fingerprint density at radius 2 is 2.10 bits per heavy atom. The summed E-state index contributed by atoms with van der Waals surface area (Å²) in [6, 6.07) is 2.89. The summed E-state index contributed by atoms with van der Waals surface area (Å²) in [7, 11) is 0. The number of nitrogens with zero attached hydrogens (tertiary/aromatic N) is 3. The molecule has 1 aromatic carbocycles. The quantitative estimate of drug-likeness (QED) is 0.927. The lowest BCUT2D eigenvalue weighted by atomic mass is 10.3. The first-order chi connectivity index (χ1) is 9.47. The van der Waals surface area contributed by atoms with Crippen LogP contribution in [0.5, 0.6) is 0 Å². The van der Waals surface area contributed by atoms with E-state index in [0.29, 0.717) is 28.6 Å². The van der Waals surface area contributed by atoms with E-state index in [2.05, 4.69) is 20.9 Å². The standard InChI is InChI=1S/C13H16BrFN4O/c1-3-18(4-2)12(20)7-19-11-5-8(14)9(15)6-10(11)17-13(19)16/h5-6H,3-4,7H2,1-2H3,(H2,16,17). The van der Waals surface area contributed by atoms with Crippen LogP contribution in [0.4, 0.5) is 10.3 Å². The summed E-state index contributed by atoms with van der Waals surface area (Å²) in [4.78, 5) is 18.0. The molecule has 0 aliphatic heterocycles. The molecule has 20 heavy (non-hydrogen) atoms. The van der Waals surface area contributed by atoms with Crippen LogP contribution in [0.15, 0.2) is 16.6 Å². The summed E-state index contributed by atoms with van der Waals surface area (Å²) in [6.45, 7) is 5.22.